The van der Waals surface area contributed by atoms with Crippen molar-refractivity contribution in [2.24, 2.45) is 0 Å². The molecule has 0 radical (unpaired) electrons. The van der Waals surface area contributed by atoms with Gasteiger partial charge in [-0.05, 0) is 73.9 Å². The van der Waals surface area contributed by atoms with Crippen molar-refractivity contribution in [3.05, 3.63) is 51.6 Å². The highest BCUT2D eigenvalue weighted by atomic mass is 16.4. The van der Waals surface area contributed by atoms with Gasteiger partial charge in [0.2, 0.25) is 0 Å². The van der Waals surface area contributed by atoms with E-state index in [1.807, 2.05) is 0 Å². The van der Waals surface area contributed by atoms with Crippen LogP contribution >= 0.6 is 0 Å². The first-order valence-electron chi connectivity index (χ1n) is 7.00. The summed E-state index contributed by atoms with van der Waals surface area (Å²) in [6.45, 7) is 4.31. The van der Waals surface area contributed by atoms with Crippen LogP contribution in [-0.2, 0) is 14.4 Å². The molecule has 6 heteroatoms. The van der Waals surface area contributed by atoms with Crippen LogP contribution in [0, 0.1) is 0 Å². The largest absolute Gasteiger partial charge is 0.478 e. The molecule has 0 fully saturated rings. The van der Waals surface area contributed by atoms with Crippen LogP contribution in [0.25, 0.3) is 18.2 Å². The Kier molecular flexibility index (Phi) is 6.23. The Bertz CT molecular complexity index is 664. The smallest absolute Gasteiger partial charge is 0.331 e. The maximum Gasteiger partial charge on any atom is 0.331 e. The molecule has 0 saturated carbocycles. The van der Waals surface area contributed by atoms with Gasteiger partial charge < -0.3 is 15.3 Å². The van der Waals surface area contributed by atoms with Gasteiger partial charge in [0, 0.05) is 16.7 Å². The van der Waals surface area contributed by atoms with Gasteiger partial charge >= 0.3 is 17.9 Å². The molecule has 0 aliphatic rings. The first kappa shape index (κ1) is 18.9. The predicted octanol–water partition coefficient (Wildman–Crippen LogP) is 3.15. The number of rotatable bonds is 6. The fraction of sp³-hybridized carbons (Fsp3) is 0.167. The van der Waals surface area contributed by atoms with Crippen LogP contribution in [0.2, 0.25) is 0 Å². The molecule has 0 aromatic heterocycles. The van der Waals surface area contributed by atoms with E-state index < -0.39 is 17.9 Å². The Morgan fingerprint density at radius 1 is 0.625 bits per heavy atom. The summed E-state index contributed by atoms with van der Waals surface area (Å²) in [6, 6.07) is 4.89. The van der Waals surface area contributed by atoms with Gasteiger partial charge in [0.05, 0.1) is 0 Å². The van der Waals surface area contributed by atoms with Gasteiger partial charge in [-0.3, -0.25) is 0 Å². The van der Waals surface area contributed by atoms with Crippen molar-refractivity contribution in [2.75, 3.05) is 0 Å². The molecule has 1 rings (SSSR count). The van der Waals surface area contributed by atoms with Crippen molar-refractivity contribution in [3.63, 3.8) is 0 Å². The van der Waals surface area contributed by atoms with E-state index >= 15 is 0 Å². The molecule has 0 bridgehead atoms. The number of carboxylic acid groups (broad SMARTS) is 3. The second-order valence-electron chi connectivity index (χ2n) is 5.33. The van der Waals surface area contributed by atoms with Crippen molar-refractivity contribution < 1.29 is 29.7 Å². The third-order valence-corrected chi connectivity index (χ3v) is 3.16. The molecule has 1 aromatic rings. The van der Waals surface area contributed by atoms with E-state index in [2.05, 4.69) is 0 Å². The van der Waals surface area contributed by atoms with Gasteiger partial charge in [0.1, 0.15) is 0 Å². The first-order valence-corrected chi connectivity index (χ1v) is 7.00. The van der Waals surface area contributed by atoms with E-state index in [0.29, 0.717) is 16.7 Å². The zero-order chi connectivity index (χ0) is 18.4. The molecule has 0 saturated heterocycles. The van der Waals surface area contributed by atoms with Crippen LogP contribution in [0.1, 0.15) is 37.5 Å². The van der Waals surface area contributed by atoms with Crippen molar-refractivity contribution in [1.29, 1.82) is 0 Å². The Hall–Kier alpha value is -3.15. The molecule has 0 heterocycles. The van der Waals surface area contributed by atoms with Crippen LogP contribution in [0.15, 0.2) is 34.9 Å². The van der Waals surface area contributed by atoms with Crippen LogP contribution in [-0.4, -0.2) is 33.2 Å². The highest BCUT2D eigenvalue weighted by molar-refractivity contribution is 5.94. The van der Waals surface area contributed by atoms with Gasteiger partial charge in [0.15, 0.2) is 0 Å². The van der Waals surface area contributed by atoms with Crippen molar-refractivity contribution in [1.82, 2.24) is 0 Å². The lowest BCUT2D eigenvalue weighted by atomic mass is 10.0. The molecule has 24 heavy (non-hydrogen) atoms. The lowest BCUT2D eigenvalue weighted by molar-refractivity contribution is -0.133. The second-order valence-corrected chi connectivity index (χ2v) is 5.33. The number of carbonyl (C=O) groups is 3. The molecule has 0 spiro atoms. The van der Waals surface area contributed by atoms with Crippen LogP contribution in [0.3, 0.4) is 0 Å². The molecular weight excluding hydrogens is 312 g/mol. The Labute approximate surface area is 139 Å². The topological polar surface area (TPSA) is 112 Å². The maximum absolute atomic E-state index is 11.0. The normalized spacial score (nSPS) is 12.9. The van der Waals surface area contributed by atoms with Gasteiger partial charge in [0.25, 0.3) is 0 Å². The highest BCUT2D eigenvalue weighted by Gasteiger charge is 2.06. The molecule has 1 aromatic carbocycles. The lowest BCUT2D eigenvalue weighted by Crippen LogP contribution is -1.98. The summed E-state index contributed by atoms with van der Waals surface area (Å²) in [5.74, 6) is -3.22. The monoisotopic (exact) mass is 330 g/mol. The zero-order valence-corrected chi connectivity index (χ0v) is 13.5. The molecule has 126 valence electrons. The van der Waals surface area contributed by atoms with Gasteiger partial charge in [-0.2, -0.15) is 0 Å². The third kappa shape index (κ3) is 5.57. The van der Waals surface area contributed by atoms with Gasteiger partial charge in [-0.15, -0.1) is 0 Å². The molecule has 6 nitrogen and oxygen atoms in total. The molecule has 0 aliphatic heterocycles. The minimum absolute atomic E-state index is 0.107. The van der Waals surface area contributed by atoms with E-state index in [0.717, 1.165) is 0 Å². The third-order valence-electron chi connectivity index (χ3n) is 3.16. The van der Waals surface area contributed by atoms with E-state index in [9.17, 15) is 14.4 Å². The van der Waals surface area contributed by atoms with Gasteiger partial charge in [-0.1, -0.05) is 0 Å². The molecule has 0 atom stereocenters. The predicted molar refractivity (Wildman–Crippen MR) is 90.3 cm³/mol. The standard InChI is InChI=1S/C18H18O6/c1-10(16(19)20)4-13-7-14(5-11(2)17(21)22)9-15(8-13)6-12(3)18(23)24/h4-9H,1-3H3,(H,19,20)(H,21,22)(H,23,24). The SMILES string of the molecule is CC(=Cc1cc(C=C(C)C(=O)O)cc(C=C(C)C(=O)O)c1)C(=O)O. The number of hydrogen-bond acceptors (Lipinski definition) is 3. The minimum atomic E-state index is -1.07. The average Bonchev–Trinajstić information content (AvgIpc) is 2.46. The summed E-state index contributed by atoms with van der Waals surface area (Å²) in [7, 11) is 0. The maximum atomic E-state index is 11.0. The van der Waals surface area contributed by atoms with E-state index in [1.165, 1.54) is 39.0 Å². The van der Waals surface area contributed by atoms with E-state index in [4.69, 9.17) is 15.3 Å². The number of carboxylic acids is 3. The highest BCUT2D eigenvalue weighted by Crippen LogP contribution is 2.19. The van der Waals surface area contributed by atoms with Crippen LogP contribution in [0.5, 0.6) is 0 Å². The fourth-order valence-electron chi connectivity index (χ4n) is 1.89. The molecule has 0 aliphatic carbocycles. The fourth-order valence-corrected chi connectivity index (χ4v) is 1.89. The van der Waals surface area contributed by atoms with Crippen LogP contribution in [0.4, 0.5) is 0 Å². The second kappa shape index (κ2) is 7.92. The summed E-state index contributed by atoms with van der Waals surface area (Å²) in [6.07, 6.45) is 4.30. The summed E-state index contributed by atoms with van der Waals surface area (Å²) in [5.41, 5.74) is 1.92. The van der Waals surface area contributed by atoms with Gasteiger partial charge in [-0.25, -0.2) is 14.4 Å². The van der Waals surface area contributed by atoms with Crippen molar-refractivity contribution in [3.8, 4) is 0 Å². The molecular formula is C18H18O6. The summed E-state index contributed by atoms with van der Waals surface area (Å²) in [4.78, 5) is 32.9. The zero-order valence-electron chi connectivity index (χ0n) is 13.5. The van der Waals surface area contributed by atoms with E-state index in [1.54, 1.807) is 18.2 Å². The van der Waals surface area contributed by atoms with Crippen LogP contribution < -0.4 is 0 Å². The number of aliphatic carboxylic acids is 3. The summed E-state index contributed by atoms with van der Waals surface area (Å²) < 4.78 is 0. The Balaban J connectivity index is 3.50. The lowest BCUT2D eigenvalue weighted by Gasteiger charge is -2.05. The first-order chi connectivity index (χ1) is 11.1. The average molecular weight is 330 g/mol. The summed E-state index contributed by atoms with van der Waals surface area (Å²) in [5, 5.41) is 26.9. The quantitative estimate of drug-likeness (QED) is 0.691. The van der Waals surface area contributed by atoms with E-state index in [-0.39, 0.29) is 16.7 Å². The molecule has 3 N–H and O–H groups in total. The van der Waals surface area contributed by atoms with Crippen molar-refractivity contribution >= 4 is 36.1 Å². The number of benzene rings is 1. The Morgan fingerprint density at radius 2 is 0.833 bits per heavy atom. The minimum Gasteiger partial charge on any atom is -0.478 e. The summed E-state index contributed by atoms with van der Waals surface area (Å²) >= 11 is 0. The molecule has 0 amide bonds. The molecule has 0 unspecified atom stereocenters. The number of hydrogen-bond donors (Lipinski definition) is 3. The Morgan fingerprint density at radius 3 is 1.00 bits per heavy atom. The van der Waals surface area contributed by atoms with Crippen molar-refractivity contribution in [2.45, 2.75) is 20.8 Å².